The summed E-state index contributed by atoms with van der Waals surface area (Å²) in [5, 5.41) is 3.95. The number of fused-ring (bicyclic) bond motifs is 4. The van der Waals surface area contributed by atoms with Crippen molar-refractivity contribution in [2.24, 2.45) is 0 Å². The SMILES string of the molecule is C/C=C/CC1(C)C(/C=C2\Sc3ccccc3N2C)=[N+](C)c2ccc3ccccc3c21. The largest absolute Gasteiger partial charge is 0.338 e. The quantitative estimate of drug-likeness (QED) is 0.342. The van der Waals surface area contributed by atoms with Crippen molar-refractivity contribution in [1.82, 2.24) is 0 Å². The average molecular weight is 412 g/mol. The highest BCUT2D eigenvalue weighted by Gasteiger charge is 2.47. The summed E-state index contributed by atoms with van der Waals surface area (Å²) < 4.78 is 2.40. The maximum Gasteiger partial charge on any atom is 0.210 e. The standard InChI is InChI=1S/C27H27N2S/c1-5-6-17-27(2)24(18-25-29(4)21-13-9-10-14-23(21)30-25)28(3)22-16-15-19-11-7-8-12-20(19)26(22)27/h5-16,18H,17H2,1-4H3/q+1/b6-5+. The molecule has 5 rings (SSSR count). The Hall–Kier alpha value is -2.78. The highest BCUT2D eigenvalue weighted by molar-refractivity contribution is 8.03. The Bertz CT molecular complexity index is 1250. The molecule has 1 atom stereocenters. The summed E-state index contributed by atoms with van der Waals surface area (Å²) in [6, 6.07) is 22.0. The summed E-state index contributed by atoms with van der Waals surface area (Å²) in [4.78, 5) is 3.64. The first-order valence-electron chi connectivity index (χ1n) is 10.5. The fourth-order valence-corrected chi connectivity index (χ4v) is 6.01. The van der Waals surface area contributed by atoms with Gasteiger partial charge in [-0.25, -0.2) is 0 Å². The second-order valence-corrected chi connectivity index (χ2v) is 9.40. The summed E-state index contributed by atoms with van der Waals surface area (Å²) in [6.45, 7) is 4.52. The Morgan fingerprint density at radius 2 is 1.80 bits per heavy atom. The van der Waals surface area contributed by atoms with E-state index in [4.69, 9.17) is 0 Å². The fraction of sp³-hybridized carbons (Fsp3) is 0.222. The van der Waals surface area contributed by atoms with Crippen molar-refractivity contribution in [2.75, 3.05) is 19.0 Å². The molecule has 0 amide bonds. The third-order valence-corrected chi connectivity index (χ3v) is 7.71. The smallest absolute Gasteiger partial charge is 0.210 e. The molecule has 2 aliphatic rings. The van der Waals surface area contributed by atoms with Crippen LogP contribution >= 0.6 is 11.8 Å². The van der Waals surface area contributed by atoms with Crippen molar-refractivity contribution in [3.63, 3.8) is 0 Å². The highest BCUT2D eigenvalue weighted by atomic mass is 32.2. The monoisotopic (exact) mass is 411 g/mol. The molecule has 3 aromatic rings. The number of rotatable bonds is 3. The van der Waals surface area contributed by atoms with Crippen molar-refractivity contribution in [3.8, 4) is 0 Å². The topological polar surface area (TPSA) is 6.25 Å². The molecule has 1 unspecified atom stereocenters. The zero-order valence-electron chi connectivity index (χ0n) is 18.0. The van der Waals surface area contributed by atoms with E-state index in [1.807, 2.05) is 11.8 Å². The lowest BCUT2D eigenvalue weighted by molar-refractivity contribution is -0.401. The van der Waals surface area contributed by atoms with E-state index in [1.54, 1.807) is 0 Å². The zero-order chi connectivity index (χ0) is 20.9. The predicted molar refractivity (Wildman–Crippen MR) is 130 cm³/mol. The molecular weight excluding hydrogens is 384 g/mol. The maximum absolute atomic E-state index is 2.41. The van der Waals surface area contributed by atoms with Crippen LogP contribution in [0.4, 0.5) is 11.4 Å². The van der Waals surface area contributed by atoms with Gasteiger partial charge >= 0.3 is 0 Å². The van der Waals surface area contributed by atoms with Crippen molar-refractivity contribution >= 4 is 39.6 Å². The fourth-order valence-electron chi connectivity index (χ4n) is 4.93. The number of thioether (sulfide) groups is 1. The van der Waals surface area contributed by atoms with Gasteiger partial charge in [0, 0.05) is 29.6 Å². The minimum atomic E-state index is -0.0827. The minimum Gasteiger partial charge on any atom is -0.338 e. The molecule has 0 bridgehead atoms. The molecule has 3 aromatic carbocycles. The molecule has 2 nitrogen and oxygen atoms in total. The van der Waals surface area contributed by atoms with Crippen molar-refractivity contribution in [2.45, 2.75) is 30.6 Å². The van der Waals surface area contributed by atoms with Gasteiger partial charge in [0.15, 0.2) is 5.71 Å². The van der Waals surface area contributed by atoms with Gasteiger partial charge in [-0.05, 0) is 49.2 Å². The molecule has 3 heteroatoms. The lowest BCUT2D eigenvalue weighted by Gasteiger charge is -2.23. The Morgan fingerprint density at radius 1 is 1.03 bits per heavy atom. The van der Waals surface area contributed by atoms with E-state index < -0.39 is 0 Å². The average Bonchev–Trinajstić information content (AvgIpc) is 3.20. The summed E-state index contributed by atoms with van der Waals surface area (Å²) in [5.74, 6) is 0. The summed E-state index contributed by atoms with van der Waals surface area (Å²) in [6.07, 6.45) is 7.87. The van der Waals surface area contributed by atoms with Gasteiger partial charge in [-0.3, -0.25) is 0 Å². The van der Waals surface area contributed by atoms with E-state index in [-0.39, 0.29) is 5.41 Å². The van der Waals surface area contributed by atoms with Gasteiger partial charge in [0.2, 0.25) is 5.69 Å². The van der Waals surface area contributed by atoms with E-state index in [1.165, 1.54) is 43.3 Å². The summed E-state index contributed by atoms with van der Waals surface area (Å²) in [7, 11) is 4.39. The molecule has 0 spiro atoms. The van der Waals surface area contributed by atoms with Crippen molar-refractivity contribution < 1.29 is 4.58 Å². The van der Waals surface area contributed by atoms with Crippen LogP contribution in [0.15, 0.2) is 88.8 Å². The van der Waals surface area contributed by atoms with Gasteiger partial charge in [-0.15, -0.1) is 0 Å². The van der Waals surface area contributed by atoms with Crippen LogP contribution in [-0.4, -0.2) is 24.4 Å². The molecule has 0 N–H and O–H groups in total. The van der Waals surface area contributed by atoms with Gasteiger partial charge in [-0.1, -0.05) is 60.3 Å². The van der Waals surface area contributed by atoms with E-state index in [2.05, 4.69) is 116 Å². The van der Waals surface area contributed by atoms with Crippen LogP contribution in [-0.2, 0) is 5.41 Å². The number of anilines is 1. The van der Waals surface area contributed by atoms with E-state index >= 15 is 0 Å². The number of hydrogen-bond donors (Lipinski definition) is 0. The van der Waals surface area contributed by atoms with Crippen LogP contribution in [0.1, 0.15) is 25.8 Å². The number of hydrogen-bond acceptors (Lipinski definition) is 2. The molecule has 0 saturated heterocycles. The summed E-state index contributed by atoms with van der Waals surface area (Å²) >= 11 is 1.86. The second-order valence-electron chi connectivity index (χ2n) is 8.34. The number of allylic oxidation sites excluding steroid dienone is 3. The molecule has 2 aliphatic heterocycles. The number of benzene rings is 3. The van der Waals surface area contributed by atoms with Gasteiger partial charge in [0.05, 0.1) is 16.1 Å². The van der Waals surface area contributed by atoms with Crippen LogP contribution in [0.2, 0.25) is 0 Å². The maximum atomic E-state index is 2.41. The molecule has 0 aromatic heterocycles. The minimum absolute atomic E-state index is 0.0827. The number of para-hydroxylation sites is 1. The van der Waals surface area contributed by atoms with Gasteiger partial charge in [0.1, 0.15) is 7.05 Å². The van der Waals surface area contributed by atoms with Gasteiger partial charge in [-0.2, -0.15) is 4.58 Å². The molecular formula is C27H27N2S+. The Labute approximate surface area is 183 Å². The zero-order valence-corrected chi connectivity index (χ0v) is 18.8. The van der Waals surface area contributed by atoms with Crippen molar-refractivity contribution in [3.05, 3.63) is 89.5 Å². The Kier molecular flexibility index (Phi) is 4.59. The van der Waals surface area contributed by atoms with Gasteiger partial charge in [0.25, 0.3) is 0 Å². The lowest BCUT2D eigenvalue weighted by atomic mass is 9.74. The van der Waals surface area contributed by atoms with E-state index in [0.717, 1.165) is 6.42 Å². The molecule has 0 radical (unpaired) electrons. The Balaban J connectivity index is 1.70. The second kappa shape index (κ2) is 7.17. The first kappa shape index (κ1) is 19.2. The van der Waals surface area contributed by atoms with Gasteiger partial charge < -0.3 is 4.90 Å². The molecule has 30 heavy (non-hydrogen) atoms. The molecule has 0 saturated carbocycles. The lowest BCUT2D eigenvalue weighted by Crippen LogP contribution is -2.31. The van der Waals surface area contributed by atoms with Crippen LogP contribution in [0.5, 0.6) is 0 Å². The highest BCUT2D eigenvalue weighted by Crippen LogP contribution is 2.49. The van der Waals surface area contributed by atoms with Crippen LogP contribution in [0.3, 0.4) is 0 Å². The van der Waals surface area contributed by atoms with Crippen LogP contribution in [0.25, 0.3) is 10.8 Å². The number of nitrogens with zero attached hydrogens (tertiary/aromatic N) is 2. The third kappa shape index (κ3) is 2.76. The first-order valence-corrected chi connectivity index (χ1v) is 11.3. The van der Waals surface area contributed by atoms with E-state index in [9.17, 15) is 0 Å². The normalized spacial score (nSPS) is 21.9. The van der Waals surface area contributed by atoms with Crippen LogP contribution < -0.4 is 4.90 Å². The predicted octanol–water partition coefficient (Wildman–Crippen LogP) is 6.88. The first-order chi connectivity index (χ1) is 14.5. The molecule has 2 heterocycles. The molecule has 0 aliphatic carbocycles. The van der Waals surface area contributed by atoms with Crippen LogP contribution in [0, 0.1) is 0 Å². The summed E-state index contributed by atoms with van der Waals surface area (Å²) in [5.41, 5.74) is 5.31. The van der Waals surface area contributed by atoms with Crippen molar-refractivity contribution in [1.29, 1.82) is 0 Å². The third-order valence-electron chi connectivity index (χ3n) is 6.54. The Morgan fingerprint density at radius 3 is 2.60 bits per heavy atom. The molecule has 150 valence electrons. The molecule has 0 fully saturated rings. The van der Waals surface area contributed by atoms with E-state index in [0.29, 0.717) is 0 Å².